The standard InChI is InChI=1S/C9H19NO3/c1-7(11)9(2,3)10-6-5-8(12)13-4/h7,10-11H,5-6H2,1-4H3. The lowest BCUT2D eigenvalue weighted by Crippen LogP contribution is -2.48. The van der Waals surface area contributed by atoms with Crippen LogP contribution in [0.15, 0.2) is 0 Å². The average Bonchev–Trinajstić information content (AvgIpc) is 2.03. The first-order chi connectivity index (χ1) is 5.90. The molecule has 0 radical (unpaired) electrons. The van der Waals surface area contributed by atoms with Gasteiger partial charge in [0.1, 0.15) is 0 Å². The molecule has 4 heteroatoms. The molecule has 13 heavy (non-hydrogen) atoms. The Morgan fingerprint density at radius 2 is 2.15 bits per heavy atom. The zero-order valence-electron chi connectivity index (χ0n) is 8.76. The fourth-order valence-electron chi connectivity index (χ4n) is 0.736. The molecule has 4 nitrogen and oxygen atoms in total. The van der Waals surface area contributed by atoms with E-state index < -0.39 is 6.10 Å². The van der Waals surface area contributed by atoms with E-state index in [1.807, 2.05) is 13.8 Å². The van der Waals surface area contributed by atoms with Crippen LogP contribution in [0, 0.1) is 0 Å². The lowest BCUT2D eigenvalue weighted by molar-refractivity contribution is -0.140. The van der Waals surface area contributed by atoms with Crippen molar-refractivity contribution in [2.24, 2.45) is 0 Å². The minimum atomic E-state index is -0.454. The Bertz CT molecular complexity index is 166. The summed E-state index contributed by atoms with van der Waals surface area (Å²) in [5.74, 6) is -0.242. The van der Waals surface area contributed by atoms with Crippen molar-refractivity contribution >= 4 is 5.97 Å². The molecule has 0 heterocycles. The van der Waals surface area contributed by atoms with Gasteiger partial charge in [0.15, 0.2) is 0 Å². The molecule has 0 fully saturated rings. The Morgan fingerprint density at radius 3 is 2.54 bits per heavy atom. The number of carbonyl (C=O) groups is 1. The Balaban J connectivity index is 3.70. The summed E-state index contributed by atoms with van der Waals surface area (Å²) in [6.07, 6.45) is -0.128. The van der Waals surface area contributed by atoms with Crippen molar-refractivity contribution in [3.05, 3.63) is 0 Å². The third-order valence-corrected chi connectivity index (χ3v) is 2.18. The third kappa shape index (κ3) is 4.85. The number of aliphatic hydroxyl groups is 1. The second-order valence-electron chi connectivity index (χ2n) is 3.65. The highest BCUT2D eigenvalue weighted by molar-refractivity contribution is 5.69. The lowest BCUT2D eigenvalue weighted by Gasteiger charge is -2.29. The molecule has 0 rings (SSSR count). The largest absolute Gasteiger partial charge is 0.469 e. The molecule has 0 aliphatic heterocycles. The smallest absolute Gasteiger partial charge is 0.306 e. The van der Waals surface area contributed by atoms with Gasteiger partial charge in [0.25, 0.3) is 0 Å². The van der Waals surface area contributed by atoms with Crippen molar-refractivity contribution in [3.8, 4) is 0 Å². The van der Waals surface area contributed by atoms with Crippen LogP contribution in [0.1, 0.15) is 27.2 Å². The van der Waals surface area contributed by atoms with Crippen LogP contribution in [0.3, 0.4) is 0 Å². The Hall–Kier alpha value is -0.610. The van der Waals surface area contributed by atoms with E-state index in [2.05, 4.69) is 10.1 Å². The van der Waals surface area contributed by atoms with Crippen LogP contribution in [0.5, 0.6) is 0 Å². The van der Waals surface area contributed by atoms with E-state index in [1.54, 1.807) is 6.92 Å². The number of methoxy groups -OCH3 is 1. The summed E-state index contributed by atoms with van der Waals surface area (Å²) >= 11 is 0. The number of rotatable bonds is 5. The van der Waals surface area contributed by atoms with Crippen molar-refractivity contribution in [1.29, 1.82) is 0 Å². The quantitative estimate of drug-likeness (QED) is 0.611. The summed E-state index contributed by atoms with van der Waals surface area (Å²) in [5, 5.41) is 12.4. The third-order valence-electron chi connectivity index (χ3n) is 2.18. The van der Waals surface area contributed by atoms with Crippen molar-refractivity contribution < 1.29 is 14.6 Å². The van der Waals surface area contributed by atoms with Gasteiger partial charge in [-0.15, -0.1) is 0 Å². The van der Waals surface area contributed by atoms with Crippen LogP contribution in [0.25, 0.3) is 0 Å². The maximum atomic E-state index is 10.7. The molecule has 0 spiro atoms. The molecule has 0 aliphatic rings. The maximum Gasteiger partial charge on any atom is 0.306 e. The monoisotopic (exact) mass is 189 g/mol. The molecule has 0 aromatic heterocycles. The van der Waals surface area contributed by atoms with Gasteiger partial charge in [0.05, 0.1) is 19.6 Å². The highest BCUT2D eigenvalue weighted by atomic mass is 16.5. The summed E-state index contributed by atoms with van der Waals surface area (Å²) in [5.41, 5.74) is -0.367. The fourth-order valence-corrected chi connectivity index (χ4v) is 0.736. The number of hydrogen-bond donors (Lipinski definition) is 2. The molecule has 0 aromatic carbocycles. The molecular formula is C9H19NO3. The van der Waals surface area contributed by atoms with Crippen LogP contribution in [0.4, 0.5) is 0 Å². The Labute approximate surface area is 79.3 Å². The maximum absolute atomic E-state index is 10.7. The molecule has 0 amide bonds. The topological polar surface area (TPSA) is 58.6 Å². The molecule has 0 saturated carbocycles. The summed E-state index contributed by atoms with van der Waals surface area (Å²) in [7, 11) is 1.36. The molecule has 0 bridgehead atoms. The molecule has 1 unspecified atom stereocenters. The van der Waals surface area contributed by atoms with Crippen molar-refractivity contribution in [2.45, 2.75) is 38.8 Å². The van der Waals surface area contributed by atoms with Gasteiger partial charge in [-0.1, -0.05) is 0 Å². The molecular weight excluding hydrogens is 170 g/mol. The first-order valence-corrected chi connectivity index (χ1v) is 4.40. The van der Waals surface area contributed by atoms with Crippen LogP contribution >= 0.6 is 0 Å². The average molecular weight is 189 g/mol. The molecule has 0 saturated heterocycles. The molecule has 78 valence electrons. The van der Waals surface area contributed by atoms with E-state index in [1.165, 1.54) is 7.11 Å². The van der Waals surface area contributed by atoms with Crippen LogP contribution in [-0.4, -0.2) is 36.4 Å². The predicted octanol–water partition coefficient (Wildman–Crippen LogP) is 0.299. The van der Waals surface area contributed by atoms with Crippen molar-refractivity contribution in [2.75, 3.05) is 13.7 Å². The van der Waals surface area contributed by atoms with Gasteiger partial charge in [0, 0.05) is 12.1 Å². The second kappa shape index (κ2) is 5.19. The van der Waals surface area contributed by atoms with Crippen LogP contribution < -0.4 is 5.32 Å². The summed E-state index contributed by atoms with van der Waals surface area (Å²) < 4.78 is 4.48. The highest BCUT2D eigenvalue weighted by Crippen LogP contribution is 2.07. The van der Waals surface area contributed by atoms with Gasteiger partial charge < -0.3 is 15.2 Å². The minimum absolute atomic E-state index is 0.242. The molecule has 0 aliphatic carbocycles. The molecule has 1 atom stereocenters. The molecule has 2 N–H and O–H groups in total. The second-order valence-corrected chi connectivity index (χ2v) is 3.65. The van der Waals surface area contributed by atoms with Gasteiger partial charge in [-0.2, -0.15) is 0 Å². The number of aliphatic hydroxyl groups excluding tert-OH is 1. The van der Waals surface area contributed by atoms with Gasteiger partial charge >= 0.3 is 5.97 Å². The van der Waals surface area contributed by atoms with Crippen molar-refractivity contribution in [3.63, 3.8) is 0 Å². The fraction of sp³-hybridized carbons (Fsp3) is 0.889. The number of nitrogens with one attached hydrogen (secondary N) is 1. The van der Waals surface area contributed by atoms with E-state index in [9.17, 15) is 9.90 Å². The van der Waals surface area contributed by atoms with Gasteiger partial charge in [-0.25, -0.2) is 0 Å². The van der Waals surface area contributed by atoms with Gasteiger partial charge in [0.2, 0.25) is 0 Å². The first kappa shape index (κ1) is 12.4. The highest BCUT2D eigenvalue weighted by Gasteiger charge is 2.22. The number of hydrogen-bond acceptors (Lipinski definition) is 4. The number of esters is 1. The van der Waals surface area contributed by atoms with Crippen LogP contribution in [0.2, 0.25) is 0 Å². The molecule has 0 aromatic rings. The summed E-state index contributed by atoms with van der Waals surface area (Å²) in [4.78, 5) is 10.7. The summed E-state index contributed by atoms with van der Waals surface area (Å²) in [6.45, 7) is 6.00. The predicted molar refractivity (Wildman–Crippen MR) is 50.4 cm³/mol. The zero-order valence-corrected chi connectivity index (χ0v) is 8.76. The van der Waals surface area contributed by atoms with Gasteiger partial charge in [-0.05, 0) is 20.8 Å². The minimum Gasteiger partial charge on any atom is -0.469 e. The van der Waals surface area contributed by atoms with E-state index >= 15 is 0 Å². The van der Waals surface area contributed by atoms with E-state index in [0.29, 0.717) is 13.0 Å². The number of ether oxygens (including phenoxy) is 1. The number of carbonyl (C=O) groups excluding carboxylic acids is 1. The zero-order chi connectivity index (χ0) is 10.5. The van der Waals surface area contributed by atoms with E-state index in [4.69, 9.17) is 0 Å². The van der Waals surface area contributed by atoms with E-state index in [0.717, 1.165) is 0 Å². The SMILES string of the molecule is COC(=O)CCNC(C)(C)C(C)O. The van der Waals surface area contributed by atoms with E-state index in [-0.39, 0.29) is 11.5 Å². The lowest BCUT2D eigenvalue weighted by atomic mass is 9.99. The normalized spacial score (nSPS) is 13.9. The van der Waals surface area contributed by atoms with Gasteiger partial charge in [-0.3, -0.25) is 4.79 Å². The first-order valence-electron chi connectivity index (χ1n) is 4.40. The summed E-state index contributed by atoms with van der Waals surface area (Å²) in [6, 6.07) is 0. The van der Waals surface area contributed by atoms with Crippen molar-refractivity contribution in [1.82, 2.24) is 5.32 Å². The Morgan fingerprint density at radius 1 is 1.62 bits per heavy atom. The Kier molecular flexibility index (Phi) is 4.95. The van der Waals surface area contributed by atoms with Crippen LogP contribution in [-0.2, 0) is 9.53 Å².